The van der Waals surface area contributed by atoms with Crippen LogP contribution in [0.3, 0.4) is 0 Å². The molecule has 50 valence electrons. The molecular formula is C4H6N2OS2. The van der Waals surface area contributed by atoms with Crippen molar-refractivity contribution in [1.29, 1.82) is 0 Å². The summed E-state index contributed by atoms with van der Waals surface area (Å²) in [5.74, 6) is 0. The molecule has 1 N–H and O–H groups in total. The van der Waals surface area contributed by atoms with E-state index in [-0.39, 0.29) is 6.03 Å². The molecule has 0 bridgehead atoms. The fraction of sp³-hybridized carbons (Fsp3) is 0.500. The van der Waals surface area contributed by atoms with E-state index < -0.39 is 0 Å². The van der Waals surface area contributed by atoms with Crippen molar-refractivity contribution in [2.45, 2.75) is 0 Å². The van der Waals surface area contributed by atoms with Crippen LogP contribution in [0.5, 0.6) is 0 Å². The fourth-order valence-electron chi connectivity index (χ4n) is 0.654. The Hall–Kier alpha value is -0.290. The lowest BCUT2D eigenvalue weighted by atomic mass is 10.7. The first-order valence-corrected chi connectivity index (χ1v) is 3.35. The van der Waals surface area contributed by atoms with Gasteiger partial charge in [0.25, 0.3) is 0 Å². The monoisotopic (exact) mass is 162 g/mol. The predicted octanol–water partition coefficient (Wildman–Crippen LogP) is 0.226. The molecule has 0 aliphatic carbocycles. The third-order valence-corrected chi connectivity index (χ3v) is 1.55. The standard InChI is InChI=1S/C4H6N2OS2/c7-3-5-1-2-6(3)4(8)9/h1-2H2,(H,5,7)(H,8,9). The summed E-state index contributed by atoms with van der Waals surface area (Å²) in [4.78, 5) is 12.1. The number of carbonyl (C=O) groups excluding carboxylic acids is 1. The van der Waals surface area contributed by atoms with Crippen LogP contribution in [0.2, 0.25) is 0 Å². The summed E-state index contributed by atoms with van der Waals surface area (Å²) < 4.78 is 0.338. The highest BCUT2D eigenvalue weighted by Gasteiger charge is 2.20. The van der Waals surface area contributed by atoms with E-state index in [9.17, 15) is 4.79 Å². The quantitative estimate of drug-likeness (QED) is 0.395. The molecule has 0 spiro atoms. The first-order valence-electron chi connectivity index (χ1n) is 2.50. The number of hydrogen-bond donors (Lipinski definition) is 2. The molecule has 5 heteroatoms. The summed E-state index contributed by atoms with van der Waals surface area (Å²) in [5, 5.41) is 2.60. The summed E-state index contributed by atoms with van der Waals surface area (Å²) in [6, 6.07) is -0.144. The topological polar surface area (TPSA) is 32.3 Å². The number of nitrogens with zero attached hydrogens (tertiary/aromatic N) is 1. The zero-order chi connectivity index (χ0) is 6.85. The molecule has 0 atom stereocenters. The molecule has 0 aromatic heterocycles. The van der Waals surface area contributed by atoms with E-state index in [4.69, 9.17) is 0 Å². The van der Waals surface area contributed by atoms with Crippen LogP contribution in [-0.4, -0.2) is 28.3 Å². The molecule has 0 aromatic carbocycles. The molecule has 9 heavy (non-hydrogen) atoms. The van der Waals surface area contributed by atoms with Gasteiger partial charge in [-0.15, -0.1) is 12.6 Å². The summed E-state index contributed by atoms with van der Waals surface area (Å²) in [7, 11) is 0. The number of thiocarbonyl (C=S) groups is 1. The zero-order valence-electron chi connectivity index (χ0n) is 4.63. The van der Waals surface area contributed by atoms with E-state index in [1.807, 2.05) is 0 Å². The van der Waals surface area contributed by atoms with E-state index in [1.54, 1.807) is 0 Å². The van der Waals surface area contributed by atoms with Gasteiger partial charge in [0, 0.05) is 13.1 Å². The lowest BCUT2D eigenvalue weighted by Gasteiger charge is -2.08. The number of thiol groups is 1. The molecule has 0 saturated carbocycles. The van der Waals surface area contributed by atoms with Crippen molar-refractivity contribution in [3.05, 3.63) is 0 Å². The highest BCUT2D eigenvalue weighted by Crippen LogP contribution is 2.00. The van der Waals surface area contributed by atoms with Gasteiger partial charge in [0.05, 0.1) is 0 Å². The molecule has 3 nitrogen and oxygen atoms in total. The fourth-order valence-corrected chi connectivity index (χ4v) is 1.02. The Labute approximate surface area is 63.8 Å². The first kappa shape index (κ1) is 6.82. The average Bonchev–Trinajstić information content (AvgIpc) is 2.13. The SMILES string of the molecule is O=C1NCCN1C(=S)S. The van der Waals surface area contributed by atoms with E-state index in [2.05, 4.69) is 30.2 Å². The van der Waals surface area contributed by atoms with Crippen LogP contribution < -0.4 is 5.32 Å². The van der Waals surface area contributed by atoms with Crippen LogP contribution in [0.25, 0.3) is 0 Å². The van der Waals surface area contributed by atoms with E-state index in [0.717, 1.165) is 0 Å². The third-order valence-electron chi connectivity index (χ3n) is 1.09. The Morgan fingerprint density at radius 1 is 1.89 bits per heavy atom. The lowest BCUT2D eigenvalue weighted by Crippen LogP contribution is -2.29. The number of amides is 2. The smallest absolute Gasteiger partial charge is 0.323 e. The van der Waals surface area contributed by atoms with E-state index in [1.165, 1.54) is 4.90 Å². The van der Waals surface area contributed by atoms with Gasteiger partial charge >= 0.3 is 6.03 Å². The molecule has 1 saturated heterocycles. The average molecular weight is 162 g/mol. The second kappa shape index (κ2) is 2.53. The van der Waals surface area contributed by atoms with Gasteiger partial charge in [-0.05, 0) is 0 Å². The lowest BCUT2D eigenvalue weighted by molar-refractivity contribution is 0.235. The second-order valence-electron chi connectivity index (χ2n) is 1.67. The summed E-state index contributed by atoms with van der Waals surface area (Å²) in [5.41, 5.74) is 0. The maximum atomic E-state index is 10.7. The minimum absolute atomic E-state index is 0.144. The van der Waals surface area contributed by atoms with Gasteiger partial charge in [0.1, 0.15) is 4.32 Å². The van der Waals surface area contributed by atoms with Crippen LogP contribution in [0.1, 0.15) is 0 Å². The second-order valence-corrected chi connectivity index (χ2v) is 2.78. The van der Waals surface area contributed by atoms with Crippen molar-refractivity contribution < 1.29 is 4.79 Å². The molecule has 1 heterocycles. The van der Waals surface area contributed by atoms with Gasteiger partial charge in [-0.25, -0.2) is 4.79 Å². The van der Waals surface area contributed by atoms with Crippen molar-refractivity contribution in [1.82, 2.24) is 10.2 Å². The van der Waals surface area contributed by atoms with Gasteiger partial charge in [-0.1, -0.05) is 12.2 Å². The third kappa shape index (κ3) is 1.34. The van der Waals surface area contributed by atoms with E-state index >= 15 is 0 Å². The molecule has 0 aromatic rings. The highest BCUT2D eigenvalue weighted by atomic mass is 32.1. The molecular weight excluding hydrogens is 156 g/mol. The maximum absolute atomic E-state index is 10.7. The van der Waals surface area contributed by atoms with Crippen molar-refractivity contribution >= 4 is 35.2 Å². The maximum Gasteiger partial charge on any atom is 0.323 e. The van der Waals surface area contributed by atoms with Crippen molar-refractivity contribution in [3.63, 3.8) is 0 Å². The van der Waals surface area contributed by atoms with Gasteiger partial charge in [-0.3, -0.25) is 4.90 Å². The van der Waals surface area contributed by atoms with Crippen LogP contribution in [0, 0.1) is 0 Å². The highest BCUT2D eigenvalue weighted by molar-refractivity contribution is 8.11. The summed E-state index contributed by atoms with van der Waals surface area (Å²) in [6.45, 7) is 1.31. The van der Waals surface area contributed by atoms with Crippen LogP contribution in [-0.2, 0) is 0 Å². The zero-order valence-corrected chi connectivity index (χ0v) is 6.34. The number of hydrogen-bond acceptors (Lipinski definition) is 2. The molecule has 2 amide bonds. The normalized spacial score (nSPS) is 17.9. The summed E-state index contributed by atoms with van der Waals surface area (Å²) >= 11 is 8.51. The molecule has 1 fully saturated rings. The molecule has 1 rings (SSSR count). The molecule has 0 unspecified atom stereocenters. The Balaban J connectivity index is 2.60. The number of carbonyl (C=O) groups is 1. The largest absolute Gasteiger partial charge is 0.336 e. The minimum atomic E-state index is -0.144. The van der Waals surface area contributed by atoms with Crippen molar-refractivity contribution in [3.8, 4) is 0 Å². The van der Waals surface area contributed by atoms with Crippen LogP contribution in [0.15, 0.2) is 0 Å². The first-order chi connectivity index (χ1) is 4.22. The van der Waals surface area contributed by atoms with Gasteiger partial charge in [-0.2, -0.15) is 0 Å². The molecule has 1 aliphatic rings. The van der Waals surface area contributed by atoms with Crippen molar-refractivity contribution in [2.75, 3.05) is 13.1 Å². The Kier molecular flexibility index (Phi) is 1.92. The number of rotatable bonds is 0. The predicted molar refractivity (Wildman–Crippen MR) is 41.7 cm³/mol. The van der Waals surface area contributed by atoms with Gasteiger partial charge < -0.3 is 5.32 Å². The van der Waals surface area contributed by atoms with Gasteiger partial charge in [0.15, 0.2) is 0 Å². The summed E-state index contributed by atoms with van der Waals surface area (Å²) in [6.07, 6.45) is 0. The van der Waals surface area contributed by atoms with Gasteiger partial charge in [0.2, 0.25) is 0 Å². The van der Waals surface area contributed by atoms with Crippen LogP contribution >= 0.6 is 24.8 Å². The Morgan fingerprint density at radius 2 is 2.56 bits per heavy atom. The molecule has 1 aliphatic heterocycles. The Bertz CT molecular complexity index is 159. The minimum Gasteiger partial charge on any atom is -0.336 e. The van der Waals surface area contributed by atoms with Crippen molar-refractivity contribution in [2.24, 2.45) is 0 Å². The number of nitrogens with one attached hydrogen (secondary N) is 1. The number of urea groups is 1. The van der Waals surface area contributed by atoms with E-state index in [0.29, 0.717) is 17.4 Å². The van der Waals surface area contributed by atoms with Crippen LogP contribution in [0.4, 0.5) is 4.79 Å². The molecule has 0 radical (unpaired) electrons. The Morgan fingerprint density at radius 3 is 2.78 bits per heavy atom.